The number of methoxy groups -OCH3 is 1. The van der Waals surface area contributed by atoms with Crippen LogP contribution in [0, 0.1) is 0 Å². The van der Waals surface area contributed by atoms with E-state index in [-0.39, 0.29) is 5.69 Å². The fourth-order valence-corrected chi connectivity index (χ4v) is 3.50. The van der Waals surface area contributed by atoms with Crippen LogP contribution in [-0.4, -0.2) is 65.8 Å². The summed E-state index contributed by atoms with van der Waals surface area (Å²) in [5.41, 5.74) is 0.225. The Hall–Kier alpha value is -1.51. The van der Waals surface area contributed by atoms with Crippen molar-refractivity contribution < 1.29 is 17.9 Å². The van der Waals surface area contributed by atoms with Gasteiger partial charge in [-0.25, -0.2) is 8.42 Å². The van der Waals surface area contributed by atoms with Crippen molar-refractivity contribution in [2.45, 2.75) is 13.0 Å². The normalized spacial score (nSPS) is 12.8. The zero-order valence-electron chi connectivity index (χ0n) is 14.5. The van der Waals surface area contributed by atoms with E-state index in [0.29, 0.717) is 23.9 Å². The topological polar surface area (TPSA) is 79.0 Å². The van der Waals surface area contributed by atoms with Gasteiger partial charge in [0.1, 0.15) is 11.8 Å². The molecule has 1 aromatic carbocycles. The molecule has 0 saturated heterocycles. The summed E-state index contributed by atoms with van der Waals surface area (Å²) in [5, 5.41) is 3.07. The Kier molecular flexibility index (Phi) is 7.31. The molecule has 0 aliphatic rings. The first-order valence-corrected chi connectivity index (χ1v) is 9.56. The molecule has 1 amide bonds. The number of likely N-dealkylation sites (N-methyl/N-ethyl adjacent to an activating group) is 1. The van der Waals surface area contributed by atoms with E-state index in [0.717, 1.165) is 10.6 Å². The van der Waals surface area contributed by atoms with Crippen LogP contribution in [0.5, 0.6) is 5.75 Å². The van der Waals surface area contributed by atoms with Gasteiger partial charge in [0.25, 0.3) is 0 Å². The second-order valence-electron chi connectivity index (χ2n) is 5.65. The molecule has 1 aromatic rings. The molecule has 0 unspecified atom stereocenters. The maximum atomic E-state index is 12.4. The van der Waals surface area contributed by atoms with Crippen LogP contribution in [0.2, 0.25) is 5.02 Å². The van der Waals surface area contributed by atoms with Gasteiger partial charge in [-0.1, -0.05) is 11.6 Å². The number of anilines is 1. The van der Waals surface area contributed by atoms with Crippen LogP contribution in [0.25, 0.3) is 0 Å². The van der Waals surface area contributed by atoms with E-state index < -0.39 is 22.0 Å². The van der Waals surface area contributed by atoms with Gasteiger partial charge in [-0.3, -0.25) is 9.10 Å². The van der Waals surface area contributed by atoms with Gasteiger partial charge in [-0.2, -0.15) is 0 Å². The fourth-order valence-electron chi connectivity index (χ4n) is 2.17. The quantitative estimate of drug-likeness (QED) is 0.736. The van der Waals surface area contributed by atoms with Crippen molar-refractivity contribution in [3.8, 4) is 5.75 Å². The highest BCUT2D eigenvalue weighted by Gasteiger charge is 2.31. The minimum atomic E-state index is -3.73. The maximum absolute atomic E-state index is 12.4. The number of nitrogens with one attached hydrogen (secondary N) is 1. The average molecular weight is 378 g/mol. The van der Waals surface area contributed by atoms with E-state index in [1.165, 1.54) is 20.1 Å². The number of halogens is 1. The minimum Gasteiger partial charge on any atom is -0.495 e. The molecule has 0 heterocycles. The molecule has 1 N–H and O–H groups in total. The fraction of sp³-hybridized carbons (Fsp3) is 0.533. The third-order valence-corrected chi connectivity index (χ3v) is 4.79. The summed E-state index contributed by atoms with van der Waals surface area (Å²) >= 11 is 5.99. The summed E-state index contributed by atoms with van der Waals surface area (Å²) in [5.74, 6) is -0.0814. The van der Waals surface area contributed by atoms with Crippen LogP contribution in [0.1, 0.15) is 6.92 Å². The Morgan fingerprint density at radius 2 is 2.00 bits per heavy atom. The Bertz CT molecular complexity index is 679. The van der Waals surface area contributed by atoms with E-state index in [1.54, 1.807) is 12.1 Å². The van der Waals surface area contributed by atoms with Gasteiger partial charge < -0.3 is 15.0 Å². The van der Waals surface area contributed by atoms with E-state index in [1.807, 2.05) is 19.0 Å². The Labute approximate surface area is 148 Å². The summed E-state index contributed by atoms with van der Waals surface area (Å²) in [7, 11) is 1.46. The largest absolute Gasteiger partial charge is 0.495 e. The first-order chi connectivity index (χ1) is 11.1. The smallest absolute Gasteiger partial charge is 0.243 e. The highest BCUT2D eigenvalue weighted by atomic mass is 35.5. The van der Waals surface area contributed by atoms with Gasteiger partial charge in [-0.05, 0) is 39.2 Å². The van der Waals surface area contributed by atoms with E-state index in [9.17, 15) is 13.2 Å². The molecule has 1 rings (SSSR count). The molecule has 0 radical (unpaired) electrons. The number of nitrogens with zero attached hydrogens (tertiary/aromatic N) is 2. The summed E-state index contributed by atoms with van der Waals surface area (Å²) in [6.45, 7) is 2.59. The van der Waals surface area contributed by atoms with Crippen molar-refractivity contribution in [2.24, 2.45) is 0 Å². The van der Waals surface area contributed by atoms with Crippen molar-refractivity contribution in [3.63, 3.8) is 0 Å². The average Bonchev–Trinajstić information content (AvgIpc) is 2.45. The molecule has 0 fully saturated rings. The van der Waals surface area contributed by atoms with Crippen molar-refractivity contribution in [1.82, 2.24) is 10.2 Å². The first kappa shape index (κ1) is 20.5. The number of carbonyl (C=O) groups excluding carboxylic acids is 1. The summed E-state index contributed by atoms with van der Waals surface area (Å²) in [6, 6.07) is 3.67. The second kappa shape index (κ2) is 8.55. The third-order valence-electron chi connectivity index (χ3n) is 3.33. The predicted octanol–water partition coefficient (Wildman–Crippen LogP) is 1.18. The number of benzene rings is 1. The highest BCUT2D eigenvalue weighted by Crippen LogP contribution is 2.34. The number of carbonyl (C=O) groups is 1. The van der Waals surface area contributed by atoms with Gasteiger partial charge in [-0.15, -0.1) is 0 Å². The zero-order chi connectivity index (χ0) is 18.5. The third kappa shape index (κ3) is 5.54. The van der Waals surface area contributed by atoms with Crippen LogP contribution in [-0.2, 0) is 14.8 Å². The number of hydrogen-bond donors (Lipinski definition) is 1. The Balaban J connectivity index is 3.15. The van der Waals surface area contributed by atoms with Gasteiger partial charge in [0.15, 0.2) is 0 Å². The maximum Gasteiger partial charge on any atom is 0.243 e. The standard InChI is InChI=1S/C15H24ClN3O4S/c1-11(15(20)17-8-9-18(2)3)19(24(5,21)22)13-10-12(16)6-7-14(13)23-4/h6-7,10-11H,8-9H2,1-5H3,(H,17,20)/t11-/m1/s1. The molecular weight excluding hydrogens is 354 g/mol. The number of amides is 1. The van der Waals surface area contributed by atoms with Crippen LogP contribution in [0.15, 0.2) is 18.2 Å². The lowest BCUT2D eigenvalue weighted by Gasteiger charge is -2.29. The van der Waals surface area contributed by atoms with Crippen molar-refractivity contribution in [3.05, 3.63) is 23.2 Å². The molecule has 7 nitrogen and oxygen atoms in total. The Morgan fingerprint density at radius 1 is 1.38 bits per heavy atom. The molecule has 136 valence electrons. The van der Waals surface area contributed by atoms with E-state index >= 15 is 0 Å². The molecule has 0 aliphatic heterocycles. The molecule has 1 atom stereocenters. The zero-order valence-corrected chi connectivity index (χ0v) is 16.1. The van der Waals surface area contributed by atoms with Crippen molar-refractivity contribution >= 4 is 33.2 Å². The molecule has 0 bridgehead atoms. The Morgan fingerprint density at radius 3 is 2.50 bits per heavy atom. The lowest BCUT2D eigenvalue weighted by molar-refractivity contribution is -0.121. The van der Waals surface area contributed by atoms with Gasteiger partial charge in [0.2, 0.25) is 15.9 Å². The van der Waals surface area contributed by atoms with Crippen LogP contribution < -0.4 is 14.4 Å². The first-order valence-electron chi connectivity index (χ1n) is 7.33. The molecule has 0 aliphatic carbocycles. The summed E-state index contributed by atoms with van der Waals surface area (Å²) < 4.78 is 30.8. The predicted molar refractivity (Wildman–Crippen MR) is 96.4 cm³/mol. The van der Waals surface area contributed by atoms with Gasteiger partial charge in [0.05, 0.1) is 19.1 Å². The number of ether oxygens (including phenoxy) is 1. The van der Waals surface area contributed by atoms with E-state index in [4.69, 9.17) is 16.3 Å². The second-order valence-corrected chi connectivity index (χ2v) is 7.94. The molecule has 0 spiro atoms. The van der Waals surface area contributed by atoms with Gasteiger partial charge >= 0.3 is 0 Å². The summed E-state index contributed by atoms with van der Waals surface area (Å²) in [6.07, 6.45) is 1.04. The molecular formula is C15H24ClN3O4S. The highest BCUT2D eigenvalue weighted by molar-refractivity contribution is 7.92. The molecule has 0 aromatic heterocycles. The molecule has 0 saturated carbocycles. The van der Waals surface area contributed by atoms with Crippen LogP contribution in [0.3, 0.4) is 0 Å². The number of hydrogen-bond acceptors (Lipinski definition) is 5. The van der Waals surface area contributed by atoms with E-state index in [2.05, 4.69) is 5.32 Å². The lowest BCUT2D eigenvalue weighted by atomic mass is 10.2. The minimum absolute atomic E-state index is 0.225. The van der Waals surface area contributed by atoms with Crippen LogP contribution in [0.4, 0.5) is 5.69 Å². The summed E-state index contributed by atoms with van der Waals surface area (Å²) in [4.78, 5) is 14.3. The number of sulfonamides is 1. The van der Waals surface area contributed by atoms with Crippen molar-refractivity contribution in [2.75, 3.05) is 44.9 Å². The van der Waals surface area contributed by atoms with Gasteiger partial charge in [0, 0.05) is 18.1 Å². The van der Waals surface area contributed by atoms with Crippen LogP contribution >= 0.6 is 11.6 Å². The lowest BCUT2D eigenvalue weighted by Crippen LogP contribution is -2.49. The van der Waals surface area contributed by atoms with Crippen molar-refractivity contribution in [1.29, 1.82) is 0 Å². The molecule has 9 heteroatoms. The monoisotopic (exact) mass is 377 g/mol. The molecule has 24 heavy (non-hydrogen) atoms. The SMILES string of the molecule is COc1ccc(Cl)cc1N([C@H](C)C(=O)NCCN(C)C)S(C)(=O)=O. The number of rotatable bonds is 8.